The van der Waals surface area contributed by atoms with E-state index in [0.29, 0.717) is 23.3 Å². The second kappa shape index (κ2) is 7.70. The molecule has 0 spiro atoms. The monoisotopic (exact) mass is 392 g/mol. The molecule has 0 unspecified atom stereocenters. The molecule has 7 heteroatoms. The molecular weight excluding hydrogens is 376 g/mol. The van der Waals surface area contributed by atoms with Crippen LogP contribution >= 0.6 is 11.6 Å². The highest BCUT2D eigenvalue weighted by Gasteiger charge is 2.20. The van der Waals surface area contributed by atoms with Gasteiger partial charge in [-0.3, -0.25) is 4.79 Å². The number of nitrogens with one attached hydrogen (secondary N) is 1. The van der Waals surface area contributed by atoms with Crippen LogP contribution < -0.4 is 5.32 Å². The first kappa shape index (κ1) is 18.0. The molecule has 0 aliphatic carbocycles. The van der Waals surface area contributed by atoms with Gasteiger partial charge in [-0.15, -0.1) is 5.10 Å². The van der Waals surface area contributed by atoms with Crippen LogP contribution in [0.4, 0.5) is 5.95 Å². The molecule has 2 aromatic heterocycles. The zero-order chi connectivity index (χ0) is 19.5. The van der Waals surface area contributed by atoms with Crippen LogP contribution in [0.2, 0.25) is 5.02 Å². The van der Waals surface area contributed by atoms with E-state index in [2.05, 4.69) is 15.4 Å². The summed E-state index contributed by atoms with van der Waals surface area (Å²) in [5.41, 5.74) is 2.84. The molecule has 2 heterocycles. The van der Waals surface area contributed by atoms with Crippen molar-refractivity contribution in [3.63, 3.8) is 0 Å². The van der Waals surface area contributed by atoms with Gasteiger partial charge in [0.05, 0.1) is 6.26 Å². The summed E-state index contributed by atoms with van der Waals surface area (Å²) in [6.07, 6.45) is 1.45. The van der Waals surface area contributed by atoms with E-state index in [1.165, 1.54) is 10.9 Å². The number of aryl methyl sites for hydroxylation is 1. The number of rotatable bonds is 5. The summed E-state index contributed by atoms with van der Waals surface area (Å²) in [6.45, 7) is 2.41. The fourth-order valence-corrected chi connectivity index (χ4v) is 2.92. The largest absolute Gasteiger partial charge is 0.459 e. The summed E-state index contributed by atoms with van der Waals surface area (Å²) < 4.78 is 6.44. The Morgan fingerprint density at radius 1 is 1.11 bits per heavy atom. The third-order valence-corrected chi connectivity index (χ3v) is 4.60. The predicted octanol–water partition coefficient (Wildman–Crippen LogP) is 4.80. The predicted molar refractivity (Wildman–Crippen MR) is 107 cm³/mol. The van der Waals surface area contributed by atoms with Gasteiger partial charge in [-0.05, 0) is 30.7 Å². The molecule has 0 amide bonds. The van der Waals surface area contributed by atoms with E-state index in [1.807, 2.05) is 55.5 Å². The van der Waals surface area contributed by atoms with Crippen molar-refractivity contribution in [2.75, 3.05) is 5.32 Å². The number of furan rings is 1. The van der Waals surface area contributed by atoms with Gasteiger partial charge in [-0.25, -0.2) is 0 Å². The van der Waals surface area contributed by atoms with E-state index in [-0.39, 0.29) is 5.76 Å². The molecule has 0 fully saturated rings. The summed E-state index contributed by atoms with van der Waals surface area (Å²) in [6, 6.07) is 18.5. The van der Waals surface area contributed by atoms with Crippen LogP contribution in [0.3, 0.4) is 0 Å². The molecule has 0 aliphatic heterocycles. The first-order chi connectivity index (χ1) is 13.6. The Hall–Kier alpha value is -3.38. The van der Waals surface area contributed by atoms with Gasteiger partial charge in [0.1, 0.15) is 0 Å². The van der Waals surface area contributed by atoms with Crippen molar-refractivity contribution in [2.24, 2.45) is 0 Å². The van der Waals surface area contributed by atoms with E-state index >= 15 is 0 Å². The Balaban J connectivity index is 1.69. The number of aromatic nitrogens is 3. The number of hydrogen-bond donors (Lipinski definition) is 1. The Bertz CT molecular complexity index is 1100. The fraction of sp³-hybridized carbons (Fsp3) is 0.0952. The first-order valence-corrected chi connectivity index (χ1v) is 9.09. The lowest BCUT2D eigenvalue weighted by Gasteiger charge is -2.07. The van der Waals surface area contributed by atoms with Gasteiger partial charge in [-0.2, -0.15) is 9.67 Å². The summed E-state index contributed by atoms with van der Waals surface area (Å²) in [7, 11) is 0. The SMILES string of the molecule is Cc1ccc(-c2nc(NCc3ccccc3Cl)n(C(=O)c3ccco3)n2)cc1. The molecule has 1 N–H and O–H groups in total. The van der Waals surface area contributed by atoms with Gasteiger partial charge >= 0.3 is 5.91 Å². The van der Waals surface area contributed by atoms with Crippen LogP contribution in [0.25, 0.3) is 11.4 Å². The van der Waals surface area contributed by atoms with Crippen molar-refractivity contribution >= 4 is 23.5 Å². The van der Waals surface area contributed by atoms with Crippen LogP contribution in [0.5, 0.6) is 0 Å². The second-order valence-electron chi connectivity index (χ2n) is 6.26. The molecule has 6 nitrogen and oxygen atoms in total. The van der Waals surface area contributed by atoms with Crippen LogP contribution in [0, 0.1) is 6.92 Å². The molecule has 4 rings (SSSR count). The molecule has 4 aromatic rings. The summed E-state index contributed by atoms with van der Waals surface area (Å²) in [5, 5.41) is 8.19. The number of halogens is 1. The quantitative estimate of drug-likeness (QED) is 0.528. The molecule has 0 atom stereocenters. The van der Waals surface area contributed by atoms with Gasteiger partial charge in [0.2, 0.25) is 5.95 Å². The van der Waals surface area contributed by atoms with E-state index in [9.17, 15) is 4.79 Å². The molecule has 140 valence electrons. The zero-order valence-electron chi connectivity index (χ0n) is 15.1. The average Bonchev–Trinajstić information content (AvgIpc) is 3.38. The maximum atomic E-state index is 12.8. The Labute approximate surface area is 166 Å². The van der Waals surface area contributed by atoms with Crippen molar-refractivity contribution in [3.05, 3.63) is 88.8 Å². The fourth-order valence-electron chi connectivity index (χ4n) is 2.71. The molecule has 2 aromatic carbocycles. The molecule has 0 aliphatic rings. The van der Waals surface area contributed by atoms with Crippen molar-refractivity contribution in [3.8, 4) is 11.4 Å². The number of hydrogen-bond acceptors (Lipinski definition) is 5. The molecule has 0 saturated heterocycles. The minimum absolute atomic E-state index is 0.182. The Kier molecular flexibility index (Phi) is 4.95. The van der Waals surface area contributed by atoms with Gasteiger partial charge < -0.3 is 9.73 Å². The summed E-state index contributed by atoms with van der Waals surface area (Å²) >= 11 is 6.23. The molecule has 0 radical (unpaired) electrons. The average molecular weight is 393 g/mol. The number of anilines is 1. The number of nitrogens with zero attached hydrogens (tertiary/aromatic N) is 3. The van der Waals surface area contributed by atoms with Crippen LogP contribution in [0.1, 0.15) is 21.7 Å². The van der Waals surface area contributed by atoms with Crippen molar-refractivity contribution in [1.82, 2.24) is 14.8 Å². The van der Waals surface area contributed by atoms with Crippen LogP contribution in [0.15, 0.2) is 71.3 Å². The lowest BCUT2D eigenvalue weighted by Crippen LogP contribution is -2.17. The maximum Gasteiger partial charge on any atom is 0.317 e. The first-order valence-electron chi connectivity index (χ1n) is 8.71. The lowest BCUT2D eigenvalue weighted by molar-refractivity contribution is 0.0919. The minimum Gasteiger partial charge on any atom is -0.459 e. The molecule has 0 bridgehead atoms. The molecule has 0 saturated carbocycles. The van der Waals surface area contributed by atoms with E-state index in [0.717, 1.165) is 16.7 Å². The van der Waals surface area contributed by atoms with Gasteiger partial charge in [0, 0.05) is 17.1 Å². The van der Waals surface area contributed by atoms with Crippen molar-refractivity contribution in [2.45, 2.75) is 13.5 Å². The standard InChI is InChI=1S/C21H17ClN4O2/c1-14-8-10-15(11-9-14)19-24-21(23-13-16-5-2-3-6-17(16)22)26(25-19)20(27)18-7-4-12-28-18/h2-12H,13H2,1H3,(H,23,24,25). The molecule has 28 heavy (non-hydrogen) atoms. The van der Waals surface area contributed by atoms with Gasteiger partial charge in [-0.1, -0.05) is 59.6 Å². The van der Waals surface area contributed by atoms with Crippen LogP contribution in [-0.4, -0.2) is 20.7 Å². The third kappa shape index (κ3) is 3.68. The normalized spacial score (nSPS) is 10.8. The van der Waals surface area contributed by atoms with Gasteiger partial charge in [0.15, 0.2) is 11.6 Å². The van der Waals surface area contributed by atoms with Crippen molar-refractivity contribution in [1.29, 1.82) is 0 Å². The molecular formula is C21H17ClN4O2. The highest BCUT2D eigenvalue weighted by atomic mass is 35.5. The van der Waals surface area contributed by atoms with E-state index in [1.54, 1.807) is 12.1 Å². The van der Waals surface area contributed by atoms with Crippen molar-refractivity contribution < 1.29 is 9.21 Å². The summed E-state index contributed by atoms with van der Waals surface area (Å²) in [4.78, 5) is 17.3. The summed E-state index contributed by atoms with van der Waals surface area (Å²) in [5.74, 6) is 0.539. The number of benzene rings is 2. The Morgan fingerprint density at radius 3 is 2.61 bits per heavy atom. The third-order valence-electron chi connectivity index (χ3n) is 4.24. The highest BCUT2D eigenvalue weighted by Crippen LogP contribution is 2.21. The topological polar surface area (TPSA) is 73.0 Å². The lowest BCUT2D eigenvalue weighted by atomic mass is 10.1. The smallest absolute Gasteiger partial charge is 0.317 e. The zero-order valence-corrected chi connectivity index (χ0v) is 15.8. The van der Waals surface area contributed by atoms with E-state index in [4.69, 9.17) is 16.0 Å². The number of carbonyl (C=O) groups is 1. The highest BCUT2D eigenvalue weighted by molar-refractivity contribution is 6.31. The number of carbonyl (C=O) groups excluding carboxylic acids is 1. The minimum atomic E-state index is -0.405. The van der Waals surface area contributed by atoms with Gasteiger partial charge in [0.25, 0.3) is 0 Å². The van der Waals surface area contributed by atoms with E-state index < -0.39 is 5.91 Å². The maximum absolute atomic E-state index is 12.8. The second-order valence-corrected chi connectivity index (χ2v) is 6.67. The Morgan fingerprint density at radius 2 is 1.89 bits per heavy atom. The van der Waals surface area contributed by atoms with Crippen LogP contribution in [-0.2, 0) is 6.54 Å².